The van der Waals surface area contributed by atoms with Crippen molar-refractivity contribution < 1.29 is 9.53 Å². The molecule has 1 atom stereocenters. The summed E-state index contributed by atoms with van der Waals surface area (Å²) in [5.41, 5.74) is 1.15. The number of carbonyl (C=O) groups is 1. The highest BCUT2D eigenvalue weighted by molar-refractivity contribution is 5.79. The molecule has 0 aliphatic carbocycles. The Morgan fingerprint density at radius 1 is 1.47 bits per heavy atom. The first-order valence-corrected chi connectivity index (χ1v) is 6.80. The number of benzene rings is 1. The summed E-state index contributed by atoms with van der Waals surface area (Å²) in [4.78, 5) is 14.0. The number of nitrogens with zero attached hydrogens (tertiary/aromatic N) is 1. The van der Waals surface area contributed by atoms with Crippen LogP contribution in [-0.2, 0) is 11.2 Å². The molecular weight excluding hydrogens is 240 g/mol. The first-order valence-electron chi connectivity index (χ1n) is 6.80. The molecule has 0 saturated carbocycles. The Balaban J connectivity index is 1.88. The molecule has 19 heavy (non-hydrogen) atoms. The molecule has 1 saturated heterocycles. The Labute approximate surface area is 114 Å². The van der Waals surface area contributed by atoms with Crippen LogP contribution in [0.15, 0.2) is 24.3 Å². The van der Waals surface area contributed by atoms with Gasteiger partial charge in [-0.1, -0.05) is 18.2 Å². The molecule has 0 bridgehead atoms. The lowest BCUT2D eigenvalue weighted by Gasteiger charge is -2.21. The molecule has 1 N–H and O–H groups in total. The van der Waals surface area contributed by atoms with Crippen molar-refractivity contribution >= 4 is 5.91 Å². The fraction of sp³-hybridized carbons (Fsp3) is 0.533. The zero-order valence-corrected chi connectivity index (χ0v) is 11.7. The highest BCUT2D eigenvalue weighted by atomic mass is 16.5. The molecule has 1 aromatic rings. The van der Waals surface area contributed by atoms with Gasteiger partial charge in [-0.05, 0) is 31.0 Å². The van der Waals surface area contributed by atoms with Crippen LogP contribution in [0.2, 0.25) is 0 Å². The van der Waals surface area contributed by atoms with Gasteiger partial charge in [-0.15, -0.1) is 0 Å². The largest absolute Gasteiger partial charge is 0.496 e. The van der Waals surface area contributed by atoms with Crippen molar-refractivity contribution in [2.24, 2.45) is 5.92 Å². The summed E-state index contributed by atoms with van der Waals surface area (Å²) in [6.45, 7) is 2.50. The number of hydrogen-bond donors (Lipinski definition) is 1. The van der Waals surface area contributed by atoms with Gasteiger partial charge in [-0.3, -0.25) is 4.79 Å². The minimum atomic E-state index is 0.155. The van der Waals surface area contributed by atoms with E-state index in [1.165, 1.54) is 0 Å². The van der Waals surface area contributed by atoms with Crippen LogP contribution < -0.4 is 10.1 Å². The van der Waals surface area contributed by atoms with E-state index in [-0.39, 0.29) is 11.8 Å². The van der Waals surface area contributed by atoms with Crippen LogP contribution in [0.25, 0.3) is 0 Å². The number of hydrogen-bond acceptors (Lipinski definition) is 3. The number of methoxy groups -OCH3 is 1. The summed E-state index contributed by atoms with van der Waals surface area (Å²) >= 11 is 0. The molecule has 4 heteroatoms. The summed E-state index contributed by atoms with van der Waals surface area (Å²) < 4.78 is 5.32. The van der Waals surface area contributed by atoms with Crippen LogP contribution >= 0.6 is 0 Å². The van der Waals surface area contributed by atoms with Gasteiger partial charge in [0.1, 0.15) is 5.75 Å². The molecule has 0 aromatic heterocycles. The molecule has 1 fully saturated rings. The molecule has 1 aromatic carbocycles. The van der Waals surface area contributed by atoms with Gasteiger partial charge in [0.2, 0.25) is 5.91 Å². The van der Waals surface area contributed by atoms with Crippen molar-refractivity contribution in [3.8, 4) is 5.75 Å². The molecule has 1 amide bonds. The van der Waals surface area contributed by atoms with Crippen LogP contribution in [-0.4, -0.2) is 44.6 Å². The van der Waals surface area contributed by atoms with Gasteiger partial charge in [0, 0.05) is 20.1 Å². The van der Waals surface area contributed by atoms with Gasteiger partial charge in [0.15, 0.2) is 0 Å². The molecule has 1 aliphatic heterocycles. The third-order valence-corrected chi connectivity index (χ3v) is 3.69. The van der Waals surface area contributed by atoms with Crippen molar-refractivity contribution in [3.63, 3.8) is 0 Å². The van der Waals surface area contributed by atoms with E-state index in [9.17, 15) is 4.79 Å². The van der Waals surface area contributed by atoms with Crippen LogP contribution in [0, 0.1) is 5.92 Å². The van der Waals surface area contributed by atoms with E-state index in [0.29, 0.717) is 0 Å². The molecular formula is C15H22N2O2. The van der Waals surface area contributed by atoms with Crippen LogP contribution in [0.1, 0.15) is 12.0 Å². The molecule has 1 unspecified atom stereocenters. The van der Waals surface area contributed by atoms with E-state index in [4.69, 9.17) is 4.74 Å². The minimum Gasteiger partial charge on any atom is -0.496 e. The van der Waals surface area contributed by atoms with Crippen LogP contribution in [0.4, 0.5) is 0 Å². The van der Waals surface area contributed by atoms with Crippen LogP contribution in [0.5, 0.6) is 5.75 Å². The molecule has 104 valence electrons. The fourth-order valence-electron chi connectivity index (χ4n) is 2.48. The smallest absolute Gasteiger partial charge is 0.226 e. The lowest BCUT2D eigenvalue weighted by molar-refractivity contribution is -0.133. The fourth-order valence-corrected chi connectivity index (χ4v) is 2.48. The second kappa shape index (κ2) is 6.57. The third kappa shape index (κ3) is 3.47. The molecule has 1 aliphatic rings. The Hall–Kier alpha value is -1.55. The maximum Gasteiger partial charge on any atom is 0.226 e. The SMILES string of the molecule is COc1ccccc1CCN(C)C(=O)C1CCNC1. The van der Waals surface area contributed by atoms with Gasteiger partial charge in [-0.25, -0.2) is 0 Å². The van der Waals surface area contributed by atoms with Crippen molar-refractivity contribution in [2.75, 3.05) is 33.8 Å². The maximum absolute atomic E-state index is 12.2. The molecule has 4 nitrogen and oxygen atoms in total. The summed E-state index contributed by atoms with van der Waals surface area (Å²) in [5.74, 6) is 1.30. The summed E-state index contributed by atoms with van der Waals surface area (Å²) in [6.07, 6.45) is 1.78. The van der Waals surface area contributed by atoms with Gasteiger partial charge < -0.3 is 15.0 Å². The predicted octanol–water partition coefficient (Wildman–Crippen LogP) is 1.31. The number of ether oxygens (including phenoxy) is 1. The van der Waals surface area contributed by atoms with E-state index in [2.05, 4.69) is 5.32 Å². The summed E-state index contributed by atoms with van der Waals surface area (Å²) in [7, 11) is 3.56. The Kier molecular flexibility index (Phi) is 4.80. The first kappa shape index (κ1) is 13.9. The number of likely N-dealkylation sites (N-methyl/N-ethyl adjacent to an activating group) is 1. The number of carbonyl (C=O) groups excluding carboxylic acids is 1. The van der Waals surface area contributed by atoms with E-state index < -0.39 is 0 Å². The third-order valence-electron chi connectivity index (χ3n) is 3.69. The second-order valence-corrected chi connectivity index (χ2v) is 5.01. The van der Waals surface area contributed by atoms with E-state index >= 15 is 0 Å². The number of para-hydroxylation sites is 1. The zero-order valence-electron chi connectivity index (χ0n) is 11.7. The normalized spacial score (nSPS) is 18.3. The molecule has 2 rings (SSSR count). The van der Waals surface area contributed by atoms with Gasteiger partial charge in [-0.2, -0.15) is 0 Å². The lowest BCUT2D eigenvalue weighted by atomic mass is 10.1. The Morgan fingerprint density at radius 3 is 2.95 bits per heavy atom. The standard InChI is InChI=1S/C15H22N2O2/c1-17(15(18)13-7-9-16-11-13)10-8-12-5-3-4-6-14(12)19-2/h3-6,13,16H,7-11H2,1-2H3. The minimum absolute atomic E-state index is 0.155. The van der Waals surface area contributed by atoms with Crippen molar-refractivity contribution in [1.29, 1.82) is 0 Å². The topological polar surface area (TPSA) is 41.6 Å². The summed E-state index contributed by atoms with van der Waals surface area (Å²) in [5, 5.41) is 3.23. The molecule has 0 radical (unpaired) electrons. The van der Waals surface area contributed by atoms with E-state index in [1.807, 2.05) is 36.2 Å². The van der Waals surface area contributed by atoms with Crippen molar-refractivity contribution in [3.05, 3.63) is 29.8 Å². The van der Waals surface area contributed by atoms with Gasteiger partial charge in [0.05, 0.1) is 13.0 Å². The van der Waals surface area contributed by atoms with E-state index in [1.54, 1.807) is 7.11 Å². The Bertz CT molecular complexity index is 428. The molecule has 1 heterocycles. The Morgan fingerprint density at radius 2 is 2.26 bits per heavy atom. The quantitative estimate of drug-likeness (QED) is 0.870. The highest BCUT2D eigenvalue weighted by Crippen LogP contribution is 2.18. The number of nitrogens with one attached hydrogen (secondary N) is 1. The number of amides is 1. The molecule has 0 spiro atoms. The average molecular weight is 262 g/mol. The summed E-state index contributed by atoms with van der Waals surface area (Å²) in [6, 6.07) is 7.97. The first-order chi connectivity index (χ1) is 9.22. The zero-order chi connectivity index (χ0) is 13.7. The highest BCUT2D eigenvalue weighted by Gasteiger charge is 2.25. The predicted molar refractivity (Wildman–Crippen MR) is 75.3 cm³/mol. The second-order valence-electron chi connectivity index (χ2n) is 5.01. The van der Waals surface area contributed by atoms with Crippen molar-refractivity contribution in [1.82, 2.24) is 10.2 Å². The van der Waals surface area contributed by atoms with Crippen LogP contribution in [0.3, 0.4) is 0 Å². The van der Waals surface area contributed by atoms with Crippen molar-refractivity contribution in [2.45, 2.75) is 12.8 Å². The lowest BCUT2D eigenvalue weighted by Crippen LogP contribution is -2.35. The van der Waals surface area contributed by atoms with Gasteiger partial charge in [0.25, 0.3) is 0 Å². The average Bonchev–Trinajstić information content (AvgIpc) is 2.98. The number of rotatable bonds is 5. The van der Waals surface area contributed by atoms with Gasteiger partial charge >= 0.3 is 0 Å². The van der Waals surface area contributed by atoms with E-state index in [0.717, 1.165) is 43.8 Å². The maximum atomic E-state index is 12.2. The monoisotopic (exact) mass is 262 g/mol.